The van der Waals surface area contributed by atoms with E-state index in [2.05, 4.69) is 33.2 Å². The van der Waals surface area contributed by atoms with Gasteiger partial charge in [-0.15, -0.1) is 13.2 Å². The molecule has 0 amide bonds. The summed E-state index contributed by atoms with van der Waals surface area (Å²) in [6.45, 7) is 4.60. The molecule has 0 saturated carbocycles. The molecule has 0 heterocycles. The summed E-state index contributed by atoms with van der Waals surface area (Å²) in [4.78, 5) is 55.7. The van der Waals surface area contributed by atoms with E-state index in [1.54, 1.807) is 72.8 Å². The number of nitrogens with zero attached hydrogens (tertiary/aromatic N) is 6. The van der Waals surface area contributed by atoms with Gasteiger partial charge in [-0.1, -0.05) is 70.9 Å². The lowest BCUT2D eigenvalue weighted by Crippen LogP contribution is -2.26. The summed E-state index contributed by atoms with van der Waals surface area (Å²) < 4.78 is 46.0. The summed E-state index contributed by atoms with van der Waals surface area (Å²) in [5.74, 6) is -1.21. The van der Waals surface area contributed by atoms with Crippen LogP contribution in [0.2, 0.25) is 0 Å². The average molecular weight is 1110 g/mol. The van der Waals surface area contributed by atoms with Crippen molar-refractivity contribution in [3.8, 4) is 23.0 Å². The van der Waals surface area contributed by atoms with Crippen LogP contribution in [0, 0.1) is 0 Å². The van der Waals surface area contributed by atoms with E-state index in [9.17, 15) is 39.6 Å². The Labute approximate surface area is 465 Å². The summed E-state index contributed by atoms with van der Waals surface area (Å²) in [7, 11) is 0. The van der Waals surface area contributed by atoms with Crippen molar-refractivity contribution in [3.05, 3.63) is 178 Å². The average Bonchev–Trinajstić information content (AvgIpc) is 3.57. The first-order chi connectivity index (χ1) is 39.3. The Balaban J connectivity index is 1.31. The van der Waals surface area contributed by atoms with Gasteiger partial charge in [0.15, 0.2) is 0 Å². The molecule has 6 aromatic carbocycles. The minimum atomic E-state index is -1.33. The zero-order valence-electron chi connectivity index (χ0n) is 44.2. The van der Waals surface area contributed by atoms with E-state index in [1.165, 1.54) is 48.5 Å². The zero-order chi connectivity index (χ0) is 57.9. The van der Waals surface area contributed by atoms with Crippen molar-refractivity contribution in [1.82, 2.24) is 0 Å². The van der Waals surface area contributed by atoms with Crippen LogP contribution < -0.4 is 18.9 Å². The van der Waals surface area contributed by atoms with Crippen LogP contribution >= 0.6 is 0 Å². The van der Waals surface area contributed by atoms with Gasteiger partial charge in [0.05, 0.1) is 11.1 Å². The molecule has 81 heavy (non-hydrogen) atoms. The van der Waals surface area contributed by atoms with Crippen LogP contribution in [-0.4, -0.2) is 122 Å². The Hall–Kier alpha value is -9.14. The van der Waals surface area contributed by atoms with Crippen molar-refractivity contribution in [2.75, 3.05) is 52.9 Å². The number of hydrogen-bond donors (Lipinski definition) is 4. The fraction of sp³-hybridized carbons (Fsp3) is 0.322. The number of ether oxygens (including phenoxy) is 8. The molecule has 424 valence electrons. The number of rotatable bonds is 34. The number of allylic oxidation sites excluding steroid dienone is 2. The van der Waals surface area contributed by atoms with E-state index >= 15 is 0 Å². The fourth-order valence-electron chi connectivity index (χ4n) is 7.87. The number of fused-ring (bicyclic) bond motifs is 2. The maximum atomic E-state index is 12.9. The third-order valence-electron chi connectivity index (χ3n) is 12.0. The molecule has 0 spiro atoms. The van der Waals surface area contributed by atoms with Crippen LogP contribution in [0.5, 0.6) is 23.0 Å². The van der Waals surface area contributed by atoms with E-state index in [0.29, 0.717) is 81.2 Å². The fourth-order valence-corrected chi connectivity index (χ4v) is 7.87. The Bertz CT molecular complexity index is 3000. The first-order valence-electron chi connectivity index (χ1n) is 25.8. The summed E-state index contributed by atoms with van der Waals surface area (Å²) >= 11 is 0. The molecule has 0 radical (unpaired) electrons. The monoisotopic (exact) mass is 1110 g/mol. The van der Waals surface area contributed by atoms with Crippen LogP contribution in [0.25, 0.3) is 42.4 Å². The van der Waals surface area contributed by atoms with Crippen molar-refractivity contribution < 1.29 is 77.5 Å². The molecule has 3 unspecified atom stereocenters. The molecule has 6 aromatic rings. The van der Waals surface area contributed by atoms with Gasteiger partial charge in [0, 0.05) is 51.6 Å². The summed E-state index contributed by atoms with van der Waals surface area (Å²) in [6, 6.07) is 28.8. The van der Waals surface area contributed by atoms with Crippen molar-refractivity contribution >= 4 is 56.8 Å². The van der Waals surface area contributed by atoms with Gasteiger partial charge in [0.2, 0.25) is 0 Å². The van der Waals surface area contributed by atoms with E-state index in [0.717, 1.165) is 0 Å². The number of azide groups is 2. The molecule has 0 aromatic heterocycles. The second-order valence-electron chi connectivity index (χ2n) is 18.3. The van der Waals surface area contributed by atoms with E-state index in [4.69, 9.17) is 49.0 Å². The molecule has 6 rings (SSSR count). The van der Waals surface area contributed by atoms with Gasteiger partial charge in [-0.05, 0) is 119 Å². The molecule has 4 atom stereocenters. The third kappa shape index (κ3) is 19.6. The molecule has 0 aliphatic rings. The molecule has 4 N–H and O–H groups in total. The second-order valence-corrected chi connectivity index (χ2v) is 18.3. The summed E-state index contributed by atoms with van der Waals surface area (Å²) in [5, 5.41) is 53.4. The molecule has 0 saturated heterocycles. The lowest BCUT2D eigenvalue weighted by molar-refractivity contribution is -0.148. The van der Waals surface area contributed by atoms with E-state index in [1.807, 2.05) is 0 Å². The van der Waals surface area contributed by atoms with Crippen molar-refractivity contribution in [3.63, 3.8) is 0 Å². The van der Waals surface area contributed by atoms with Crippen molar-refractivity contribution in [2.45, 2.75) is 69.4 Å². The minimum absolute atomic E-state index is 0.0228. The van der Waals surface area contributed by atoms with Crippen LogP contribution in [0.1, 0.15) is 70.4 Å². The Morgan fingerprint density at radius 2 is 0.840 bits per heavy atom. The van der Waals surface area contributed by atoms with Gasteiger partial charge in [-0.25, -0.2) is 9.59 Å². The quantitative estimate of drug-likeness (QED) is 0.00555. The number of aliphatic hydroxyl groups is 4. The van der Waals surface area contributed by atoms with Crippen molar-refractivity contribution in [1.29, 1.82) is 0 Å². The number of carbonyl (C=O) groups excluding carboxylic acids is 4. The van der Waals surface area contributed by atoms with E-state index in [-0.39, 0.29) is 81.5 Å². The number of unbranched alkanes of at least 4 members (excludes halogenated alkanes) is 2. The van der Waals surface area contributed by atoms with Crippen LogP contribution in [-0.2, 0) is 35.0 Å². The molecular weight excluding hydrogens is 1050 g/mol. The topological polar surface area (TPSA) is 321 Å². The van der Waals surface area contributed by atoms with Crippen molar-refractivity contribution in [2.24, 2.45) is 10.2 Å². The smallest absolute Gasteiger partial charge is 0.338 e. The van der Waals surface area contributed by atoms with Gasteiger partial charge < -0.3 is 58.3 Å². The highest BCUT2D eigenvalue weighted by molar-refractivity contribution is 5.93. The SMILES string of the molecule is C=CCCCC(=O)OCC(O)COc1ccc2ccc(OCC(O)COC(=O)c3ccc(N=[N+]=[N-])cc3)c(Cc3c(OC[C@H](O)COC(=O)c4ccc(N=[N+]=[N-])cc4)ccc4ccc(OCC(O)COC(=O)CCCC=C)cc34)c2c1. The number of esters is 4. The number of carbonyl (C=O) groups is 4. The Morgan fingerprint density at radius 1 is 0.481 bits per heavy atom. The summed E-state index contributed by atoms with van der Waals surface area (Å²) in [5.41, 5.74) is 19.4. The van der Waals surface area contributed by atoms with Gasteiger partial charge >= 0.3 is 23.9 Å². The standard InChI is InChI=1S/C59H62N6O16/c1-3-5-7-9-56(70)78-34-44(66)30-74-48-23-15-38-17-25-54(76-32-46(68)36-80-58(72)40-11-19-42(20-12-40)62-64-60)52(50(38)27-48)29-53-51-28-49(75-31-45(67)35-79-57(71)10-8-6-4-2)24-16-39(51)18-26-55(53)77-33-47(69)37-81-59(73)41-13-21-43(22-14-41)63-65-61/h3-4,11-28,44-47,66-69H,1-2,5-10,29-37H2/t44?,45?,46-,47?/m0/s1. The van der Waals surface area contributed by atoms with Gasteiger partial charge in [0.1, 0.15) is 100 Å². The van der Waals surface area contributed by atoms with Crippen LogP contribution in [0.15, 0.2) is 145 Å². The lowest BCUT2D eigenvalue weighted by atomic mass is 9.93. The predicted octanol–water partition coefficient (Wildman–Crippen LogP) is 9.94. The molecular formula is C59H62N6O16. The zero-order valence-corrected chi connectivity index (χ0v) is 44.2. The molecule has 22 nitrogen and oxygen atoms in total. The molecule has 0 bridgehead atoms. The Morgan fingerprint density at radius 3 is 1.21 bits per heavy atom. The first kappa shape index (κ1) is 61.1. The van der Waals surface area contributed by atoms with Crippen LogP contribution in [0.4, 0.5) is 11.4 Å². The number of benzene rings is 6. The van der Waals surface area contributed by atoms with Gasteiger partial charge in [-0.2, -0.15) is 0 Å². The maximum absolute atomic E-state index is 12.9. The molecule has 22 heteroatoms. The highest BCUT2D eigenvalue weighted by atomic mass is 16.6. The van der Waals surface area contributed by atoms with Gasteiger partial charge in [0.25, 0.3) is 0 Å². The molecule has 0 aliphatic carbocycles. The maximum Gasteiger partial charge on any atom is 0.338 e. The predicted molar refractivity (Wildman–Crippen MR) is 298 cm³/mol. The first-order valence-corrected chi connectivity index (χ1v) is 25.8. The lowest BCUT2D eigenvalue weighted by Gasteiger charge is -2.21. The number of aliphatic hydroxyl groups excluding tert-OH is 4. The van der Waals surface area contributed by atoms with Crippen LogP contribution in [0.3, 0.4) is 0 Å². The minimum Gasteiger partial charge on any atom is -0.491 e. The van der Waals surface area contributed by atoms with E-state index < -0.39 is 61.5 Å². The normalized spacial score (nSPS) is 12.3. The number of hydrogen-bond acceptors (Lipinski definition) is 18. The molecule has 0 fully saturated rings. The Kier molecular flexibility index (Phi) is 24.2. The second kappa shape index (κ2) is 32.1. The largest absolute Gasteiger partial charge is 0.491 e. The van der Waals surface area contributed by atoms with Gasteiger partial charge in [-0.3, -0.25) is 9.59 Å². The summed E-state index contributed by atoms with van der Waals surface area (Å²) in [6.07, 6.45) is 1.17. The molecule has 0 aliphatic heterocycles. The highest BCUT2D eigenvalue weighted by Crippen LogP contribution is 2.39. The third-order valence-corrected chi connectivity index (χ3v) is 12.0. The highest BCUT2D eigenvalue weighted by Gasteiger charge is 2.22.